The van der Waals surface area contributed by atoms with E-state index in [1.807, 2.05) is 0 Å². The third kappa shape index (κ3) is 2.34. The van der Waals surface area contributed by atoms with Gasteiger partial charge in [0, 0.05) is 5.69 Å². The number of ketones is 1. The summed E-state index contributed by atoms with van der Waals surface area (Å²) in [6.07, 6.45) is -0.125. The fourth-order valence-corrected chi connectivity index (χ4v) is 2.10. The number of nitrogens with zero attached hydrogens (tertiary/aromatic N) is 1. The van der Waals surface area contributed by atoms with E-state index in [9.17, 15) is 18.0 Å². The van der Waals surface area contributed by atoms with Gasteiger partial charge in [-0.05, 0) is 24.3 Å². The maximum absolute atomic E-state index is 11.4. The van der Waals surface area contributed by atoms with Crippen LogP contribution in [0.5, 0.6) is 0 Å². The average Bonchev–Trinajstić information content (AvgIpc) is 2.57. The van der Waals surface area contributed by atoms with E-state index in [4.69, 9.17) is 4.55 Å². The van der Waals surface area contributed by atoms with E-state index < -0.39 is 10.1 Å². The Hall–Kier alpha value is -1.73. The van der Waals surface area contributed by atoms with Crippen molar-refractivity contribution < 1.29 is 22.6 Å². The first-order valence-electron chi connectivity index (χ1n) is 4.77. The monoisotopic (exact) mass is 255 g/mol. The smallest absolute Gasteiger partial charge is 0.294 e. The quantitative estimate of drug-likeness (QED) is 0.603. The second-order valence-corrected chi connectivity index (χ2v) is 5.09. The van der Waals surface area contributed by atoms with Gasteiger partial charge in [-0.25, -0.2) is 0 Å². The molecular formula is C10H9NO5S. The zero-order valence-corrected chi connectivity index (χ0v) is 9.48. The maximum atomic E-state index is 11.4. The van der Waals surface area contributed by atoms with Crippen molar-refractivity contribution in [3.05, 3.63) is 24.3 Å². The molecule has 0 aliphatic carbocycles. The highest BCUT2D eigenvalue weighted by Gasteiger charge is 2.28. The van der Waals surface area contributed by atoms with Gasteiger partial charge in [-0.1, -0.05) is 0 Å². The highest BCUT2D eigenvalue weighted by Crippen LogP contribution is 2.21. The van der Waals surface area contributed by atoms with Gasteiger partial charge in [0.2, 0.25) is 5.91 Å². The molecule has 1 N–H and O–H groups in total. The van der Waals surface area contributed by atoms with E-state index in [-0.39, 0.29) is 29.6 Å². The largest absolute Gasteiger partial charge is 0.305 e. The van der Waals surface area contributed by atoms with Crippen LogP contribution < -0.4 is 4.90 Å². The fourth-order valence-electron chi connectivity index (χ4n) is 1.62. The van der Waals surface area contributed by atoms with Crippen molar-refractivity contribution in [2.45, 2.75) is 11.3 Å². The third-order valence-electron chi connectivity index (χ3n) is 2.43. The van der Waals surface area contributed by atoms with E-state index in [0.29, 0.717) is 5.69 Å². The molecule has 1 aliphatic heterocycles. The van der Waals surface area contributed by atoms with E-state index >= 15 is 0 Å². The van der Waals surface area contributed by atoms with Gasteiger partial charge in [-0.2, -0.15) is 8.42 Å². The number of amides is 1. The molecule has 2 rings (SSSR count). The summed E-state index contributed by atoms with van der Waals surface area (Å²) in [6.45, 7) is 0.00402. The molecule has 0 atom stereocenters. The highest BCUT2D eigenvalue weighted by atomic mass is 32.2. The van der Waals surface area contributed by atoms with E-state index in [1.54, 1.807) is 0 Å². The molecule has 0 aromatic heterocycles. The van der Waals surface area contributed by atoms with Crippen LogP contribution in [0.25, 0.3) is 0 Å². The molecular weight excluding hydrogens is 246 g/mol. The molecule has 17 heavy (non-hydrogen) atoms. The van der Waals surface area contributed by atoms with Crippen molar-refractivity contribution in [2.75, 3.05) is 11.4 Å². The lowest BCUT2D eigenvalue weighted by atomic mass is 10.3. The zero-order valence-electron chi connectivity index (χ0n) is 8.66. The second kappa shape index (κ2) is 3.94. The van der Waals surface area contributed by atoms with Crippen molar-refractivity contribution >= 4 is 27.5 Å². The van der Waals surface area contributed by atoms with Gasteiger partial charge in [0.25, 0.3) is 10.1 Å². The third-order valence-corrected chi connectivity index (χ3v) is 3.30. The lowest BCUT2D eigenvalue weighted by molar-refractivity contribution is -0.121. The SMILES string of the molecule is O=C1CC(=O)N(c2ccc(S(=O)(=O)O)cc2)C1. The molecule has 1 fully saturated rings. The molecule has 1 saturated heterocycles. The molecule has 0 spiro atoms. The molecule has 1 aliphatic rings. The van der Waals surface area contributed by atoms with Crippen LogP contribution in [0.1, 0.15) is 6.42 Å². The van der Waals surface area contributed by atoms with E-state index in [2.05, 4.69) is 0 Å². The van der Waals surface area contributed by atoms with Crippen molar-refractivity contribution in [3.63, 3.8) is 0 Å². The normalized spacial score (nSPS) is 16.6. The molecule has 1 heterocycles. The standard InChI is InChI=1S/C10H9NO5S/c12-8-5-10(13)11(6-8)7-1-3-9(4-2-7)17(14,15)16/h1-4H,5-6H2,(H,14,15,16). The van der Waals surface area contributed by atoms with E-state index in [1.165, 1.54) is 29.2 Å². The summed E-state index contributed by atoms with van der Waals surface area (Å²) in [4.78, 5) is 23.5. The van der Waals surface area contributed by atoms with Gasteiger partial charge in [-0.3, -0.25) is 14.1 Å². The van der Waals surface area contributed by atoms with Crippen LogP contribution in [-0.4, -0.2) is 31.2 Å². The van der Waals surface area contributed by atoms with Gasteiger partial charge in [-0.15, -0.1) is 0 Å². The lowest BCUT2D eigenvalue weighted by Crippen LogP contribution is -2.24. The number of anilines is 1. The Morgan fingerprint density at radius 2 is 1.71 bits per heavy atom. The maximum Gasteiger partial charge on any atom is 0.294 e. The van der Waals surface area contributed by atoms with Crippen molar-refractivity contribution in [3.8, 4) is 0 Å². The van der Waals surface area contributed by atoms with E-state index in [0.717, 1.165) is 0 Å². The van der Waals surface area contributed by atoms with Crippen LogP contribution in [-0.2, 0) is 19.7 Å². The number of benzene rings is 1. The summed E-state index contributed by atoms with van der Waals surface area (Å²) >= 11 is 0. The van der Waals surface area contributed by atoms with Crippen LogP contribution in [0, 0.1) is 0 Å². The Morgan fingerprint density at radius 3 is 2.12 bits per heavy atom. The summed E-state index contributed by atoms with van der Waals surface area (Å²) < 4.78 is 30.4. The fraction of sp³-hybridized carbons (Fsp3) is 0.200. The predicted molar refractivity (Wildman–Crippen MR) is 58.2 cm³/mol. The molecule has 1 aromatic rings. The minimum Gasteiger partial charge on any atom is -0.305 e. The minimum atomic E-state index is -4.24. The van der Waals surface area contributed by atoms with Gasteiger partial charge in [0.15, 0.2) is 5.78 Å². The number of carbonyl (C=O) groups is 2. The van der Waals surface area contributed by atoms with Gasteiger partial charge in [0.05, 0.1) is 17.9 Å². The predicted octanol–water partition coefficient (Wildman–Crippen LogP) is 0.239. The van der Waals surface area contributed by atoms with Crippen molar-refractivity contribution in [1.29, 1.82) is 0 Å². The van der Waals surface area contributed by atoms with Gasteiger partial charge >= 0.3 is 0 Å². The molecule has 0 saturated carbocycles. The Morgan fingerprint density at radius 1 is 1.12 bits per heavy atom. The van der Waals surface area contributed by atoms with Crippen LogP contribution in [0.4, 0.5) is 5.69 Å². The molecule has 6 nitrogen and oxygen atoms in total. The molecule has 7 heteroatoms. The average molecular weight is 255 g/mol. The summed E-state index contributed by atoms with van der Waals surface area (Å²) in [7, 11) is -4.24. The first-order valence-corrected chi connectivity index (χ1v) is 6.21. The molecule has 0 unspecified atom stereocenters. The summed E-state index contributed by atoms with van der Waals surface area (Å²) in [6, 6.07) is 5.11. The van der Waals surface area contributed by atoms with Crippen molar-refractivity contribution in [2.24, 2.45) is 0 Å². The minimum absolute atomic E-state index is 0.00402. The van der Waals surface area contributed by atoms with Crippen LogP contribution in [0.15, 0.2) is 29.2 Å². The van der Waals surface area contributed by atoms with Gasteiger partial charge < -0.3 is 4.90 Å². The number of hydrogen-bond acceptors (Lipinski definition) is 4. The number of carbonyl (C=O) groups excluding carboxylic acids is 2. The molecule has 0 bridgehead atoms. The number of hydrogen-bond donors (Lipinski definition) is 1. The molecule has 1 amide bonds. The van der Waals surface area contributed by atoms with Crippen molar-refractivity contribution in [1.82, 2.24) is 0 Å². The first-order chi connectivity index (χ1) is 7.88. The first kappa shape index (κ1) is 11.7. The van der Waals surface area contributed by atoms with Gasteiger partial charge in [0.1, 0.15) is 0 Å². The Kier molecular flexibility index (Phi) is 2.72. The zero-order chi connectivity index (χ0) is 12.6. The Balaban J connectivity index is 2.31. The Bertz CT molecular complexity index is 575. The van der Waals surface area contributed by atoms with Crippen LogP contribution in [0.2, 0.25) is 0 Å². The number of Topliss-reactive ketones (excluding diaryl/α,β-unsaturated/α-hetero) is 1. The van der Waals surface area contributed by atoms with Crippen LogP contribution >= 0.6 is 0 Å². The Labute approximate surface area is 97.6 Å². The topological polar surface area (TPSA) is 91.8 Å². The summed E-state index contributed by atoms with van der Waals surface area (Å²) in [5.74, 6) is -0.483. The lowest BCUT2D eigenvalue weighted by Gasteiger charge is -2.14. The molecule has 0 radical (unpaired) electrons. The molecule has 90 valence electrons. The number of rotatable bonds is 2. The second-order valence-electron chi connectivity index (χ2n) is 3.66. The summed E-state index contributed by atoms with van der Waals surface area (Å²) in [5, 5.41) is 0. The summed E-state index contributed by atoms with van der Waals surface area (Å²) in [5.41, 5.74) is 0.438. The molecule has 1 aromatic carbocycles. The van der Waals surface area contributed by atoms with Crippen LogP contribution in [0.3, 0.4) is 0 Å². The highest BCUT2D eigenvalue weighted by molar-refractivity contribution is 7.85.